The third-order valence-corrected chi connectivity index (χ3v) is 4.67. The molecule has 3 N–H and O–H groups in total. The van der Waals surface area contributed by atoms with Crippen LogP contribution in [0, 0.1) is 0 Å². The molecule has 0 radical (unpaired) electrons. The molecule has 0 aliphatic carbocycles. The van der Waals surface area contributed by atoms with Gasteiger partial charge in [-0.15, -0.1) is 0 Å². The fraction of sp³-hybridized carbons (Fsp3) is 0.520. The summed E-state index contributed by atoms with van der Waals surface area (Å²) in [5.41, 5.74) is 7.21. The smallest absolute Gasteiger partial charge is 0.411 e. The van der Waals surface area contributed by atoms with Gasteiger partial charge in [0.05, 0.1) is 17.9 Å². The van der Waals surface area contributed by atoms with Gasteiger partial charge in [-0.2, -0.15) is 0 Å². The second kappa shape index (κ2) is 16.1. The lowest BCUT2D eigenvalue weighted by atomic mass is 10.1. The number of nitrogens with one attached hydrogen (secondary N) is 1. The van der Waals surface area contributed by atoms with E-state index in [1.807, 2.05) is 53.7 Å². The standard InChI is InChI=1S/C21H28N6O4.2C2H6/c1-14(2)30-16-6-4-15(5-7-16)26-21(28)31-17-8-10-27(11-9-17)20-18(12-25-29-3)19(22)23-13-24-20;2*1-2/h4-7,12-14,17H,8-11H2,1-3H3,(H,26,28)(H2,22,23,24);2*1-2H3/b25-12+;;. The molecule has 1 aliphatic rings. The van der Waals surface area contributed by atoms with Crippen LogP contribution in [0.5, 0.6) is 5.75 Å². The van der Waals surface area contributed by atoms with Crippen molar-refractivity contribution < 1.29 is 19.1 Å². The van der Waals surface area contributed by atoms with E-state index in [2.05, 4.69) is 25.3 Å². The number of carbonyl (C=O) groups is 1. The molecule has 35 heavy (non-hydrogen) atoms. The van der Waals surface area contributed by atoms with Crippen molar-refractivity contribution in [3.05, 3.63) is 36.2 Å². The molecular weight excluding hydrogens is 448 g/mol. The zero-order valence-electron chi connectivity index (χ0n) is 21.9. The Morgan fingerprint density at radius 2 is 1.77 bits per heavy atom. The summed E-state index contributed by atoms with van der Waals surface area (Å²) >= 11 is 0. The van der Waals surface area contributed by atoms with Crippen LogP contribution in [0.25, 0.3) is 0 Å². The average molecular weight is 489 g/mol. The van der Waals surface area contributed by atoms with Crippen LogP contribution in [0.15, 0.2) is 35.7 Å². The van der Waals surface area contributed by atoms with Crippen molar-refractivity contribution >= 4 is 29.6 Å². The number of nitrogen functional groups attached to an aromatic ring is 1. The maximum Gasteiger partial charge on any atom is 0.411 e. The minimum atomic E-state index is -0.477. The second-order valence-corrected chi connectivity index (χ2v) is 7.32. The van der Waals surface area contributed by atoms with Crippen LogP contribution < -0.4 is 20.7 Å². The van der Waals surface area contributed by atoms with E-state index in [0.717, 1.165) is 5.75 Å². The van der Waals surface area contributed by atoms with E-state index >= 15 is 0 Å². The van der Waals surface area contributed by atoms with Crippen LogP contribution in [0.3, 0.4) is 0 Å². The van der Waals surface area contributed by atoms with Crippen LogP contribution in [0.2, 0.25) is 0 Å². The Hall–Kier alpha value is -3.56. The van der Waals surface area contributed by atoms with Gasteiger partial charge in [-0.1, -0.05) is 32.9 Å². The fourth-order valence-corrected chi connectivity index (χ4v) is 3.25. The number of oxime groups is 1. The highest BCUT2D eigenvalue weighted by Crippen LogP contribution is 2.25. The Kier molecular flexibility index (Phi) is 13.6. The number of amides is 1. The molecule has 194 valence electrons. The quantitative estimate of drug-likeness (QED) is 0.408. The number of ether oxygens (including phenoxy) is 2. The minimum absolute atomic E-state index is 0.0942. The van der Waals surface area contributed by atoms with Gasteiger partial charge in [0, 0.05) is 31.6 Å². The highest BCUT2D eigenvalue weighted by atomic mass is 16.6. The van der Waals surface area contributed by atoms with E-state index in [1.54, 1.807) is 12.1 Å². The van der Waals surface area contributed by atoms with Crippen LogP contribution in [0.4, 0.5) is 22.1 Å². The van der Waals surface area contributed by atoms with Gasteiger partial charge < -0.3 is 24.9 Å². The third kappa shape index (κ3) is 9.68. The predicted molar refractivity (Wildman–Crippen MR) is 141 cm³/mol. The summed E-state index contributed by atoms with van der Waals surface area (Å²) in [6.07, 6.45) is 3.68. The minimum Gasteiger partial charge on any atom is -0.491 e. The molecule has 0 atom stereocenters. The molecule has 1 aromatic carbocycles. The molecule has 10 nitrogen and oxygen atoms in total. The molecule has 0 spiro atoms. The second-order valence-electron chi connectivity index (χ2n) is 7.32. The van der Waals surface area contributed by atoms with Crippen LogP contribution >= 0.6 is 0 Å². The van der Waals surface area contributed by atoms with E-state index in [0.29, 0.717) is 48.8 Å². The summed E-state index contributed by atoms with van der Waals surface area (Å²) in [6.45, 7) is 13.2. The van der Waals surface area contributed by atoms with Gasteiger partial charge in [0.1, 0.15) is 36.9 Å². The van der Waals surface area contributed by atoms with Gasteiger partial charge in [-0.3, -0.25) is 5.32 Å². The topological polar surface area (TPSA) is 124 Å². The number of carbonyl (C=O) groups excluding carboxylic acids is 1. The first kappa shape index (κ1) is 29.5. The monoisotopic (exact) mass is 488 g/mol. The van der Waals surface area contributed by atoms with Gasteiger partial charge >= 0.3 is 6.09 Å². The van der Waals surface area contributed by atoms with E-state index in [4.69, 9.17) is 20.0 Å². The van der Waals surface area contributed by atoms with Gasteiger partial charge in [-0.05, 0) is 38.1 Å². The molecule has 1 amide bonds. The molecule has 2 heterocycles. The van der Waals surface area contributed by atoms with Gasteiger partial charge in [-0.25, -0.2) is 14.8 Å². The number of hydrogen-bond donors (Lipinski definition) is 2. The molecule has 3 rings (SSSR count). The normalized spacial score (nSPS) is 13.3. The average Bonchev–Trinajstić information content (AvgIpc) is 2.87. The molecule has 1 fully saturated rings. The van der Waals surface area contributed by atoms with E-state index in [1.165, 1.54) is 19.7 Å². The lowest BCUT2D eigenvalue weighted by molar-refractivity contribution is 0.0950. The number of hydrogen-bond acceptors (Lipinski definition) is 9. The van der Waals surface area contributed by atoms with Gasteiger partial charge in [0.25, 0.3) is 0 Å². The molecule has 0 bridgehead atoms. The Morgan fingerprint density at radius 3 is 2.34 bits per heavy atom. The Balaban J connectivity index is 0.00000145. The summed E-state index contributed by atoms with van der Waals surface area (Å²) in [4.78, 5) is 27.4. The molecule has 1 aliphatic heterocycles. The molecule has 2 aromatic rings. The first-order valence-corrected chi connectivity index (χ1v) is 12.1. The van der Waals surface area contributed by atoms with Crippen molar-refractivity contribution in [3.63, 3.8) is 0 Å². The molecular formula is C25H40N6O4. The number of nitrogens with zero attached hydrogens (tertiary/aromatic N) is 4. The molecule has 0 unspecified atom stereocenters. The Morgan fingerprint density at radius 1 is 1.14 bits per heavy atom. The fourth-order valence-electron chi connectivity index (χ4n) is 3.25. The van der Waals surface area contributed by atoms with E-state index < -0.39 is 6.09 Å². The largest absolute Gasteiger partial charge is 0.491 e. The maximum atomic E-state index is 12.3. The van der Waals surface area contributed by atoms with Gasteiger partial charge in [0.15, 0.2) is 0 Å². The molecule has 10 heteroatoms. The lowest BCUT2D eigenvalue weighted by Crippen LogP contribution is -2.39. The molecule has 0 saturated carbocycles. The van der Waals surface area contributed by atoms with E-state index in [9.17, 15) is 4.79 Å². The number of nitrogens with two attached hydrogens (primary N) is 1. The third-order valence-electron chi connectivity index (χ3n) is 4.67. The van der Waals surface area contributed by atoms with Crippen molar-refractivity contribution in [2.24, 2.45) is 5.16 Å². The SMILES string of the molecule is CC.CC.CO/N=C/c1c(N)ncnc1N1CCC(OC(=O)Nc2ccc(OC(C)C)cc2)CC1. The van der Waals surface area contributed by atoms with Crippen molar-refractivity contribution in [3.8, 4) is 5.75 Å². The first-order valence-electron chi connectivity index (χ1n) is 12.1. The summed E-state index contributed by atoms with van der Waals surface area (Å²) in [7, 11) is 1.46. The predicted octanol–water partition coefficient (Wildman–Crippen LogP) is 5.10. The van der Waals surface area contributed by atoms with Crippen LogP contribution in [-0.4, -0.2) is 54.7 Å². The first-order chi connectivity index (χ1) is 17.0. The number of rotatable bonds is 7. The molecule has 1 saturated heterocycles. The summed E-state index contributed by atoms with van der Waals surface area (Å²) in [5.74, 6) is 1.76. The van der Waals surface area contributed by atoms with E-state index in [-0.39, 0.29) is 12.2 Å². The maximum absolute atomic E-state index is 12.3. The van der Waals surface area contributed by atoms with Crippen molar-refractivity contribution in [2.75, 3.05) is 36.1 Å². The summed E-state index contributed by atoms with van der Waals surface area (Å²) in [6, 6.07) is 7.19. The Labute approximate surface area is 208 Å². The van der Waals surface area contributed by atoms with Crippen molar-refractivity contribution in [2.45, 2.75) is 66.6 Å². The number of anilines is 3. The summed E-state index contributed by atoms with van der Waals surface area (Å²) < 4.78 is 11.2. The highest BCUT2D eigenvalue weighted by molar-refractivity contribution is 5.91. The molecule has 1 aromatic heterocycles. The number of piperidine rings is 1. The number of aromatic nitrogens is 2. The van der Waals surface area contributed by atoms with Crippen molar-refractivity contribution in [1.82, 2.24) is 9.97 Å². The summed E-state index contributed by atoms with van der Waals surface area (Å²) in [5, 5.41) is 6.53. The zero-order chi connectivity index (χ0) is 26.2. The Bertz CT molecular complexity index is 897. The lowest BCUT2D eigenvalue weighted by Gasteiger charge is -2.33. The highest BCUT2D eigenvalue weighted by Gasteiger charge is 2.25. The number of benzene rings is 1. The van der Waals surface area contributed by atoms with Gasteiger partial charge in [0.2, 0.25) is 0 Å². The van der Waals surface area contributed by atoms with Crippen molar-refractivity contribution in [1.29, 1.82) is 0 Å². The van der Waals surface area contributed by atoms with Crippen LogP contribution in [0.1, 0.15) is 59.9 Å². The zero-order valence-corrected chi connectivity index (χ0v) is 21.9. The van der Waals surface area contributed by atoms with Crippen LogP contribution in [-0.2, 0) is 9.57 Å².